The number of sulfonamides is 2. The summed E-state index contributed by atoms with van der Waals surface area (Å²) in [6.07, 6.45) is 5.19. The van der Waals surface area contributed by atoms with Gasteiger partial charge in [-0.3, -0.25) is 0 Å². The van der Waals surface area contributed by atoms with Crippen LogP contribution in [0.1, 0.15) is 24.8 Å². The van der Waals surface area contributed by atoms with Crippen molar-refractivity contribution < 1.29 is 16.8 Å². The Labute approximate surface area is 159 Å². The normalized spacial score (nSPS) is 15.7. The molecule has 146 valence electrons. The number of pyridine rings is 1. The summed E-state index contributed by atoms with van der Waals surface area (Å²) in [5.41, 5.74) is 0.710. The molecule has 0 aliphatic carbocycles. The van der Waals surface area contributed by atoms with E-state index in [0.717, 1.165) is 37.8 Å². The average Bonchev–Trinajstić information content (AvgIpc) is 2.67. The highest BCUT2D eigenvalue weighted by Gasteiger charge is 2.17. The Balaban J connectivity index is 1.68. The number of nitrogens with one attached hydrogen (secondary N) is 1. The van der Waals surface area contributed by atoms with Crippen LogP contribution in [-0.2, 0) is 26.6 Å². The number of hydrogen-bond donors (Lipinski definition) is 2. The fraction of sp³-hybridized carbons (Fsp3) is 0.353. The van der Waals surface area contributed by atoms with E-state index in [0.29, 0.717) is 5.56 Å². The largest absolute Gasteiger partial charge is 0.357 e. The van der Waals surface area contributed by atoms with Crippen LogP contribution in [0.2, 0.25) is 0 Å². The number of aromatic nitrogens is 1. The number of hydrogen-bond acceptors (Lipinski definition) is 6. The molecule has 0 radical (unpaired) electrons. The van der Waals surface area contributed by atoms with Crippen molar-refractivity contribution in [3.63, 3.8) is 0 Å². The van der Waals surface area contributed by atoms with Gasteiger partial charge in [-0.1, -0.05) is 12.1 Å². The third-order valence-corrected chi connectivity index (χ3v) is 6.71. The lowest BCUT2D eigenvalue weighted by atomic mass is 10.1. The third kappa shape index (κ3) is 5.04. The number of anilines is 1. The Bertz CT molecular complexity index is 999. The second-order valence-corrected chi connectivity index (χ2v) is 9.75. The Morgan fingerprint density at radius 1 is 1.00 bits per heavy atom. The molecule has 1 aliphatic heterocycles. The summed E-state index contributed by atoms with van der Waals surface area (Å²) >= 11 is 0. The first-order valence-corrected chi connectivity index (χ1v) is 11.6. The highest BCUT2D eigenvalue weighted by atomic mass is 32.2. The zero-order valence-electron chi connectivity index (χ0n) is 14.7. The first-order valence-electron chi connectivity index (χ1n) is 8.58. The van der Waals surface area contributed by atoms with Gasteiger partial charge in [-0.2, -0.15) is 0 Å². The van der Waals surface area contributed by atoms with Gasteiger partial charge in [-0.25, -0.2) is 31.7 Å². The van der Waals surface area contributed by atoms with Gasteiger partial charge >= 0.3 is 0 Å². The van der Waals surface area contributed by atoms with Crippen LogP contribution in [0.25, 0.3) is 0 Å². The molecule has 2 aromatic rings. The monoisotopic (exact) mass is 410 g/mol. The molecule has 0 spiro atoms. The van der Waals surface area contributed by atoms with Gasteiger partial charge in [0.25, 0.3) is 0 Å². The van der Waals surface area contributed by atoms with Gasteiger partial charge in [0.15, 0.2) is 0 Å². The smallest absolute Gasteiger partial charge is 0.240 e. The van der Waals surface area contributed by atoms with Crippen molar-refractivity contribution in [1.29, 1.82) is 0 Å². The number of benzene rings is 1. The average molecular weight is 411 g/mol. The molecule has 27 heavy (non-hydrogen) atoms. The van der Waals surface area contributed by atoms with Crippen LogP contribution in [0.4, 0.5) is 5.82 Å². The maximum absolute atomic E-state index is 12.4. The van der Waals surface area contributed by atoms with Crippen LogP contribution in [-0.4, -0.2) is 34.9 Å². The van der Waals surface area contributed by atoms with E-state index in [2.05, 4.69) is 14.6 Å². The Morgan fingerprint density at radius 3 is 2.33 bits per heavy atom. The summed E-state index contributed by atoms with van der Waals surface area (Å²) in [5, 5.41) is 5.05. The number of rotatable bonds is 6. The Hall–Kier alpha value is -2.01. The molecule has 0 amide bonds. The number of piperidine rings is 1. The molecular formula is C17H22N4O4S2. The van der Waals surface area contributed by atoms with Crippen LogP contribution in [0.5, 0.6) is 0 Å². The molecule has 2 heterocycles. The molecule has 1 aromatic carbocycles. The Kier molecular flexibility index (Phi) is 5.80. The lowest BCUT2D eigenvalue weighted by molar-refractivity contribution is 0.573. The Morgan fingerprint density at radius 2 is 1.70 bits per heavy atom. The zero-order valence-corrected chi connectivity index (χ0v) is 16.3. The van der Waals surface area contributed by atoms with E-state index in [4.69, 9.17) is 5.14 Å². The van der Waals surface area contributed by atoms with E-state index in [1.54, 1.807) is 6.20 Å². The van der Waals surface area contributed by atoms with Crippen molar-refractivity contribution >= 4 is 25.9 Å². The molecular weight excluding hydrogens is 388 g/mol. The number of primary sulfonamides is 1. The molecule has 0 unspecified atom stereocenters. The van der Waals surface area contributed by atoms with Gasteiger partial charge in [0.05, 0.1) is 9.79 Å². The van der Waals surface area contributed by atoms with E-state index < -0.39 is 20.0 Å². The van der Waals surface area contributed by atoms with Crippen molar-refractivity contribution in [3.05, 3.63) is 48.2 Å². The fourth-order valence-corrected chi connectivity index (χ4v) is 4.61. The van der Waals surface area contributed by atoms with Gasteiger partial charge in [0.1, 0.15) is 5.82 Å². The molecule has 0 atom stereocenters. The van der Waals surface area contributed by atoms with E-state index in [1.807, 2.05) is 12.1 Å². The first kappa shape index (κ1) is 19.7. The van der Waals surface area contributed by atoms with Gasteiger partial charge in [-0.05, 0) is 49.1 Å². The molecule has 1 fully saturated rings. The molecule has 10 heteroatoms. The summed E-state index contributed by atoms with van der Waals surface area (Å²) in [6.45, 7) is 2.02. The van der Waals surface area contributed by atoms with Crippen LogP contribution in [0.3, 0.4) is 0 Å². The number of nitrogens with two attached hydrogens (primary N) is 1. The summed E-state index contributed by atoms with van der Waals surface area (Å²) in [5.74, 6) is 0.891. The van der Waals surface area contributed by atoms with Crippen LogP contribution in [0, 0.1) is 0 Å². The molecule has 3 rings (SSSR count). The van der Waals surface area contributed by atoms with Crippen LogP contribution in [0.15, 0.2) is 52.4 Å². The van der Waals surface area contributed by atoms with Crippen LogP contribution >= 0.6 is 0 Å². The molecule has 1 aliphatic rings. The van der Waals surface area contributed by atoms with E-state index in [-0.39, 0.29) is 16.3 Å². The number of nitrogens with zero attached hydrogens (tertiary/aromatic N) is 2. The minimum Gasteiger partial charge on any atom is -0.357 e. The summed E-state index contributed by atoms with van der Waals surface area (Å²) in [7, 11) is -7.86. The molecule has 8 nitrogen and oxygen atoms in total. The molecule has 3 N–H and O–H groups in total. The molecule has 1 aromatic heterocycles. The maximum atomic E-state index is 12.4. The van der Waals surface area contributed by atoms with Crippen molar-refractivity contribution in [2.24, 2.45) is 5.14 Å². The lowest BCUT2D eigenvalue weighted by Crippen LogP contribution is -2.30. The molecule has 1 saturated heterocycles. The van der Waals surface area contributed by atoms with E-state index in [9.17, 15) is 16.8 Å². The van der Waals surface area contributed by atoms with Gasteiger partial charge in [0.2, 0.25) is 20.0 Å². The minimum absolute atomic E-state index is 0.0508. The van der Waals surface area contributed by atoms with Crippen molar-refractivity contribution in [3.8, 4) is 0 Å². The van der Waals surface area contributed by atoms with E-state index >= 15 is 0 Å². The minimum atomic E-state index is -3.98. The van der Waals surface area contributed by atoms with Gasteiger partial charge < -0.3 is 4.90 Å². The summed E-state index contributed by atoms with van der Waals surface area (Å²) in [4.78, 5) is 6.22. The van der Waals surface area contributed by atoms with Crippen LogP contribution < -0.4 is 14.8 Å². The summed E-state index contributed by atoms with van der Waals surface area (Å²) < 4.78 is 50.1. The summed E-state index contributed by atoms with van der Waals surface area (Å²) in [6, 6.07) is 8.65. The highest BCUT2D eigenvalue weighted by molar-refractivity contribution is 7.90. The topological polar surface area (TPSA) is 122 Å². The maximum Gasteiger partial charge on any atom is 0.240 e. The standard InChI is InChI=1S/C17H22N4O4S2/c18-26(22,23)15-5-4-6-16(11-15)27(24,25)20-13-14-7-8-17(19-12-14)21-9-2-1-3-10-21/h4-8,11-12,20H,1-3,9-10,13H2,(H2,18,22,23). The zero-order chi connectivity index (χ0) is 19.5. The second-order valence-electron chi connectivity index (χ2n) is 6.42. The van der Waals surface area contributed by atoms with Crippen molar-refractivity contribution in [1.82, 2.24) is 9.71 Å². The van der Waals surface area contributed by atoms with Crippen molar-refractivity contribution in [2.45, 2.75) is 35.6 Å². The quantitative estimate of drug-likeness (QED) is 0.738. The molecule has 0 saturated carbocycles. The van der Waals surface area contributed by atoms with Gasteiger partial charge in [0, 0.05) is 25.8 Å². The van der Waals surface area contributed by atoms with Gasteiger partial charge in [-0.15, -0.1) is 0 Å². The predicted molar refractivity (Wildman–Crippen MR) is 102 cm³/mol. The second kappa shape index (κ2) is 7.93. The predicted octanol–water partition coefficient (Wildman–Crippen LogP) is 1.20. The van der Waals surface area contributed by atoms with E-state index in [1.165, 1.54) is 24.6 Å². The highest BCUT2D eigenvalue weighted by Crippen LogP contribution is 2.18. The SMILES string of the molecule is NS(=O)(=O)c1cccc(S(=O)(=O)NCc2ccc(N3CCCCC3)nc2)c1. The molecule has 0 bridgehead atoms. The fourth-order valence-electron chi connectivity index (χ4n) is 2.91. The third-order valence-electron chi connectivity index (χ3n) is 4.40. The lowest BCUT2D eigenvalue weighted by Gasteiger charge is -2.27. The first-order chi connectivity index (χ1) is 12.8. The van der Waals surface area contributed by atoms with Crippen molar-refractivity contribution in [2.75, 3.05) is 18.0 Å².